The molecule has 1 N–H and O–H groups in total. The van der Waals surface area contributed by atoms with Gasteiger partial charge >= 0.3 is 0 Å². The highest BCUT2D eigenvalue weighted by Gasteiger charge is 2.16. The first-order valence-electron chi connectivity index (χ1n) is 7.83. The van der Waals surface area contributed by atoms with Crippen LogP contribution < -0.4 is 15.0 Å². The molecule has 0 spiro atoms. The molecule has 0 radical (unpaired) electrons. The summed E-state index contributed by atoms with van der Waals surface area (Å²) in [6.45, 7) is 3.00. The fourth-order valence-electron chi connectivity index (χ4n) is 2.55. The second-order valence-corrected chi connectivity index (χ2v) is 6.24. The van der Waals surface area contributed by atoms with Crippen molar-refractivity contribution in [2.45, 2.75) is 0 Å². The van der Waals surface area contributed by atoms with Crippen LogP contribution in [-0.2, 0) is 9.53 Å². The molecule has 1 aliphatic rings. The van der Waals surface area contributed by atoms with E-state index in [1.165, 1.54) is 0 Å². The van der Waals surface area contributed by atoms with Gasteiger partial charge < -0.3 is 19.7 Å². The summed E-state index contributed by atoms with van der Waals surface area (Å²) in [5.41, 5.74) is 1.80. The van der Waals surface area contributed by atoms with E-state index < -0.39 is 0 Å². The van der Waals surface area contributed by atoms with Crippen molar-refractivity contribution in [3.63, 3.8) is 0 Å². The van der Waals surface area contributed by atoms with Crippen molar-refractivity contribution in [1.82, 2.24) is 0 Å². The van der Waals surface area contributed by atoms with Crippen LogP contribution in [-0.4, -0.2) is 38.8 Å². The van der Waals surface area contributed by atoms with Crippen LogP contribution >= 0.6 is 15.9 Å². The SMILES string of the molecule is O=C(COc1ccccc1Br)Nc1ccccc1N1CCOCC1. The molecule has 1 aliphatic heterocycles. The molecule has 126 valence electrons. The van der Waals surface area contributed by atoms with E-state index in [1.807, 2.05) is 48.5 Å². The Morgan fingerprint density at radius 1 is 1.12 bits per heavy atom. The summed E-state index contributed by atoms with van der Waals surface area (Å²) >= 11 is 3.40. The van der Waals surface area contributed by atoms with Crippen LogP contribution in [0.1, 0.15) is 0 Å². The summed E-state index contributed by atoms with van der Waals surface area (Å²) in [6.07, 6.45) is 0. The summed E-state index contributed by atoms with van der Waals surface area (Å²) in [5.74, 6) is 0.459. The van der Waals surface area contributed by atoms with E-state index in [2.05, 4.69) is 26.1 Å². The number of hydrogen-bond acceptors (Lipinski definition) is 4. The van der Waals surface area contributed by atoms with E-state index in [0.717, 1.165) is 28.9 Å². The molecule has 24 heavy (non-hydrogen) atoms. The highest BCUT2D eigenvalue weighted by Crippen LogP contribution is 2.27. The molecule has 0 unspecified atom stereocenters. The zero-order valence-corrected chi connectivity index (χ0v) is 14.8. The Kier molecular flexibility index (Phi) is 5.72. The number of nitrogens with zero attached hydrogens (tertiary/aromatic N) is 1. The minimum atomic E-state index is -0.188. The molecule has 0 aliphatic carbocycles. The summed E-state index contributed by atoms with van der Waals surface area (Å²) < 4.78 is 11.8. The van der Waals surface area contributed by atoms with Gasteiger partial charge in [-0.05, 0) is 40.2 Å². The van der Waals surface area contributed by atoms with Crippen LogP contribution in [0.3, 0.4) is 0 Å². The van der Waals surface area contributed by atoms with Crippen LogP contribution in [0.25, 0.3) is 0 Å². The first kappa shape index (κ1) is 16.8. The molecule has 1 fully saturated rings. The highest BCUT2D eigenvalue weighted by molar-refractivity contribution is 9.10. The van der Waals surface area contributed by atoms with E-state index in [9.17, 15) is 4.79 Å². The number of carbonyl (C=O) groups is 1. The van der Waals surface area contributed by atoms with Gasteiger partial charge in [-0.15, -0.1) is 0 Å². The maximum atomic E-state index is 12.2. The highest BCUT2D eigenvalue weighted by atomic mass is 79.9. The molecule has 2 aromatic rings. The van der Waals surface area contributed by atoms with Gasteiger partial charge in [-0.2, -0.15) is 0 Å². The number of anilines is 2. The minimum Gasteiger partial charge on any atom is -0.483 e. The van der Waals surface area contributed by atoms with Crippen molar-refractivity contribution in [2.24, 2.45) is 0 Å². The molecule has 3 rings (SSSR count). The van der Waals surface area contributed by atoms with Crippen LogP contribution in [0.2, 0.25) is 0 Å². The van der Waals surface area contributed by atoms with E-state index in [4.69, 9.17) is 9.47 Å². The Labute approximate surface area is 149 Å². The van der Waals surface area contributed by atoms with Crippen molar-refractivity contribution in [1.29, 1.82) is 0 Å². The number of amides is 1. The van der Waals surface area contributed by atoms with E-state index in [0.29, 0.717) is 19.0 Å². The Bertz CT molecular complexity index is 702. The summed E-state index contributed by atoms with van der Waals surface area (Å²) in [4.78, 5) is 14.5. The molecular weight excluding hydrogens is 372 g/mol. The lowest BCUT2D eigenvalue weighted by Crippen LogP contribution is -2.37. The van der Waals surface area contributed by atoms with E-state index in [1.54, 1.807) is 0 Å². The lowest BCUT2D eigenvalue weighted by atomic mass is 10.2. The number of carbonyl (C=O) groups excluding carboxylic acids is 1. The zero-order chi connectivity index (χ0) is 16.8. The summed E-state index contributed by atoms with van der Waals surface area (Å²) in [5, 5.41) is 2.94. The molecule has 0 aromatic heterocycles. The van der Waals surface area contributed by atoms with Gasteiger partial charge in [-0.1, -0.05) is 24.3 Å². The molecule has 0 atom stereocenters. The third-order valence-electron chi connectivity index (χ3n) is 3.73. The van der Waals surface area contributed by atoms with Crippen molar-refractivity contribution in [3.8, 4) is 5.75 Å². The van der Waals surface area contributed by atoms with Crippen molar-refractivity contribution < 1.29 is 14.3 Å². The monoisotopic (exact) mass is 390 g/mol. The normalized spacial score (nSPS) is 14.3. The van der Waals surface area contributed by atoms with E-state index >= 15 is 0 Å². The molecule has 5 nitrogen and oxygen atoms in total. The third-order valence-corrected chi connectivity index (χ3v) is 4.38. The van der Waals surface area contributed by atoms with Crippen molar-refractivity contribution in [2.75, 3.05) is 43.1 Å². The molecule has 1 saturated heterocycles. The first-order chi connectivity index (χ1) is 11.7. The number of nitrogens with one attached hydrogen (secondary N) is 1. The molecular formula is C18H19BrN2O3. The van der Waals surface area contributed by atoms with Gasteiger partial charge in [0.15, 0.2) is 6.61 Å². The average molecular weight is 391 g/mol. The Hall–Kier alpha value is -2.05. The molecule has 2 aromatic carbocycles. The van der Waals surface area contributed by atoms with Gasteiger partial charge in [0, 0.05) is 13.1 Å². The molecule has 0 bridgehead atoms. The second-order valence-electron chi connectivity index (χ2n) is 5.38. The Balaban J connectivity index is 1.63. The van der Waals surface area contributed by atoms with Crippen LogP contribution in [0.4, 0.5) is 11.4 Å². The molecule has 1 heterocycles. The maximum Gasteiger partial charge on any atom is 0.262 e. The van der Waals surface area contributed by atoms with Gasteiger partial charge in [0.1, 0.15) is 5.75 Å². The van der Waals surface area contributed by atoms with Gasteiger partial charge in [-0.25, -0.2) is 0 Å². The summed E-state index contributed by atoms with van der Waals surface area (Å²) in [6, 6.07) is 15.3. The fraction of sp³-hybridized carbons (Fsp3) is 0.278. The van der Waals surface area contributed by atoms with Crippen LogP contribution in [0, 0.1) is 0 Å². The van der Waals surface area contributed by atoms with Crippen LogP contribution in [0.5, 0.6) is 5.75 Å². The molecule has 6 heteroatoms. The van der Waals surface area contributed by atoms with E-state index in [-0.39, 0.29) is 12.5 Å². The number of ether oxygens (including phenoxy) is 2. The number of morpholine rings is 1. The topological polar surface area (TPSA) is 50.8 Å². The number of rotatable bonds is 5. The molecule has 0 saturated carbocycles. The Morgan fingerprint density at radius 3 is 2.62 bits per heavy atom. The van der Waals surface area contributed by atoms with Gasteiger partial charge in [0.05, 0.1) is 29.1 Å². The lowest BCUT2D eigenvalue weighted by Gasteiger charge is -2.30. The maximum absolute atomic E-state index is 12.2. The van der Waals surface area contributed by atoms with Gasteiger partial charge in [-0.3, -0.25) is 4.79 Å². The van der Waals surface area contributed by atoms with Crippen LogP contribution in [0.15, 0.2) is 53.0 Å². The van der Waals surface area contributed by atoms with Gasteiger partial charge in [0.25, 0.3) is 5.91 Å². The smallest absolute Gasteiger partial charge is 0.262 e. The van der Waals surface area contributed by atoms with Crippen molar-refractivity contribution >= 4 is 33.2 Å². The van der Waals surface area contributed by atoms with Gasteiger partial charge in [0.2, 0.25) is 0 Å². The number of para-hydroxylation sites is 3. The number of halogens is 1. The molecule has 1 amide bonds. The van der Waals surface area contributed by atoms with Crippen molar-refractivity contribution in [3.05, 3.63) is 53.0 Å². The average Bonchev–Trinajstić information content (AvgIpc) is 2.62. The lowest BCUT2D eigenvalue weighted by molar-refractivity contribution is -0.118. The summed E-state index contributed by atoms with van der Waals surface area (Å²) in [7, 11) is 0. The second kappa shape index (κ2) is 8.17. The number of benzene rings is 2. The Morgan fingerprint density at radius 2 is 1.83 bits per heavy atom. The minimum absolute atomic E-state index is 0.0416. The quantitative estimate of drug-likeness (QED) is 0.850. The third kappa shape index (κ3) is 4.27. The first-order valence-corrected chi connectivity index (χ1v) is 8.62. The fourth-order valence-corrected chi connectivity index (χ4v) is 2.95. The predicted molar refractivity (Wildman–Crippen MR) is 97.7 cm³/mol. The number of hydrogen-bond donors (Lipinski definition) is 1. The standard InChI is InChI=1S/C18H19BrN2O3/c19-14-5-1-4-8-17(14)24-13-18(22)20-15-6-2-3-7-16(15)21-9-11-23-12-10-21/h1-8H,9-13H2,(H,20,22). The largest absolute Gasteiger partial charge is 0.483 e. The zero-order valence-electron chi connectivity index (χ0n) is 13.2. The predicted octanol–water partition coefficient (Wildman–Crippen LogP) is 3.30.